The maximum Gasteiger partial charge on any atom is 0.359 e. The number of imidazole rings is 1. The normalized spacial score (nSPS) is 10.8. The molecule has 5 nitrogen and oxygen atoms in total. The Morgan fingerprint density at radius 1 is 1.21 bits per heavy atom. The number of fused-ring (bicyclic) bond motifs is 1. The van der Waals surface area contributed by atoms with Gasteiger partial charge in [-0.2, -0.15) is 0 Å². The van der Waals surface area contributed by atoms with Crippen LogP contribution < -0.4 is 0 Å². The van der Waals surface area contributed by atoms with Crippen LogP contribution in [-0.2, 0) is 4.74 Å². The minimum atomic E-state index is -0.874. The molecule has 0 atom stereocenters. The quantitative estimate of drug-likeness (QED) is 0.545. The zero-order chi connectivity index (χ0) is 17.3. The molecule has 7 heteroatoms. The average molecular weight is 330 g/mol. The van der Waals surface area contributed by atoms with Gasteiger partial charge in [0.1, 0.15) is 17.3 Å². The average Bonchev–Trinajstić information content (AvgIpc) is 3.00. The van der Waals surface area contributed by atoms with Crippen molar-refractivity contribution in [1.82, 2.24) is 9.38 Å². The SMILES string of the molecule is Cc1cccc2nc(C(=O)OCC(=O)c3cc(F)ccc3F)cn12. The molecule has 2 aromatic heterocycles. The lowest BCUT2D eigenvalue weighted by molar-refractivity contribution is 0.0468. The molecule has 0 N–H and O–H groups in total. The molecule has 0 radical (unpaired) electrons. The number of aryl methyl sites for hydroxylation is 1. The van der Waals surface area contributed by atoms with Gasteiger partial charge in [-0.25, -0.2) is 18.6 Å². The number of pyridine rings is 1. The summed E-state index contributed by atoms with van der Waals surface area (Å²) in [6.45, 7) is 1.14. The standard InChI is InChI=1S/C17H12F2N2O3/c1-10-3-2-4-16-20-14(8-21(10)16)17(23)24-9-15(22)12-7-11(18)5-6-13(12)19/h2-8H,9H2,1H3. The van der Waals surface area contributed by atoms with Crippen molar-refractivity contribution in [3.8, 4) is 0 Å². The molecule has 0 aliphatic rings. The highest BCUT2D eigenvalue weighted by molar-refractivity contribution is 5.99. The molecule has 0 fully saturated rings. The maximum absolute atomic E-state index is 13.5. The third-order valence-electron chi connectivity index (χ3n) is 3.47. The Bertz CT molecular complexity index is 950. The predicted molar refractivity (Wildman–Crippen MR) is 80.9 cm³/mol. The number of aromatic nitrogens is 2. The van der Waals surface area contributed by atoms with E-state index in [2.05, 4.69) is 4.98 Å². The molecule has 122 valence electrons. The van der Waals surface area contributed by atoms with Crippen LogP contribution >= 0.6 is 0 Å². The molecule has 3 rings (SSSR count). The second-order valence-electron chi connectivity index (χ2n) is 5.14. The molecule has 0 aliphatic heterocycles. The summed E-state index contributed by atoms with van der Waals surface area (Å²) in [7, 11) is 0. The van der Waals surface area contributed by atoms with Crippen molar-refractivity contribution < 1.29 is 23.1 Å². The number of benzene rings is 1. The van der Waals surface area contributed by atoms with Gasteiger partial charge in [-0.1, -0.05) is 6.07 Å². The van der Waals surface area contributed by atoms with Gasteiger partial charge in [0, 0.05) is 11.9 Å². The topological polar surface area (TPSA) is 60.7 Å². The van der Waals surface area contributed by atoms with Crippen molar-refractivity contribution in [1.29, 1.82) is 0 Å². The van der Waals surface area contributed by atoms with E-state index in [1.807, 2.05) is 13.0 Å². The first-order chi connectivity index (χ1) is 11.5. The van der Waals surface area contributed by atoms with Crippen molar-refractivity contribution in [2.24, 2.45) is 0 Å². The Morgan fingerprint density at radius 2 is 2.00 bits per heavy atom. The largest absolute Gasteiger partial charge is 0.453 e. The fraction of sp³-hybridized carbons (Fsp3) is 0.118. The van der Waals surface area contributed by atoms with E-state index in [4.69, 9.17) is 4.74 Å². The number of ketones is 1. The summed E-state index contributed by atoms with van der Waals surface area (Å²) in [5.41, 5.74) is 0.992. The van der Waals surface area contributed by atoms with Crippen LogP contribution in [0.5, 0.6) is 0 Å². The van der Waals surface area contributed by atoms with Gasteiger partial charge < -0.3 is 9.14 Å². The number of esters is 1. The minimum absolute atomic E-state index is 0.0248. The number of hydrogen-bond donors (Lipinski definition) is 0. The Hall–Kier alpha value is -3.09. The second kappa shape index (κ2) is 6.19. The van der Waals surface area contributed by atoms with Gasteiger partial charge in [-0.3, -0.25) is 4.79 Å². The van der Waals surface area contributed by atoms with Crippen molar-refractivity contribution in [2.45, 2.75) is 6.92 Å². The van der Waals surface area contributed by atoms with Gasteiger partial charge in [-0.15, -0.1) is 0 Å². The van der Waals surface area contributed by atoms with Gasteiger partial charge in [-0.05, 0) is 37.3 Å². The molecule has 2 heterocycles. The van der Waals surface area contributed by atoms with Gasteiger partial charge in [0.15, 0.2) is 12.3 Å². The molecule has 0 bridgehead atoms. The first-order valence-corrected chi connectivity index (χ1v) is 7.06. The van der Waals surface area contributed by atoms with E-state index in [0.29, 0.717) is 5.65 Å². The number of carbonyl (C=O) groups is 2. The van der Waals surface area contributed by atoms with E-state index in [9.17, 15) is 18.4 Å². The summed E-state index contributed by atoms with van der Waals surface area (Å²) in [6.07, 6.45) is 1.49. The van der Waals surface area contributed by atoms with Gasteiger partial charge in [0.2, 0.25) is 5.78 Å². The van der Waals surface area contributed by atoms with Crippen LogP contribution in [0.3, 0.4) is 0 Å². The Balaban J connectivity index is 1.73. The molecule has 1 aromatic carbocycles. The van der Waals surface area contributed by atoms with Crippen LogP contribution in [0.4, 0.5) is 8.78 Å². The van der Waals surface area contributed by atoms with Crippen LogP contribution in [0.1, 0.15) is 26.5 Å². The zero-order valence-electron chi connectivity index (χ0n) is 12.6. The number of ether oxygens (including phenoxy) is 1. The fourth-order valence-electron chi connectivity index (χ4n) is 2.24. The van der Waals surface area contributed by atoms with Crippen LogP contribution in [0, 0.1) is 18.6 Å². The van der Waals surface area contributed by atoms with Crippen molar-refractivity contribution in [3.05, 3.63) is 71.2 Å². The highest BCUT2D eigenvalue weighted by atomic mass is 19.1. The lowest BCUT2D eigenvalue weighted by Gasteiger charge is -2.04. The fourth-order valence-corrected chi connectivity index (χ4v) is 2.24. The van der Waals surface area contributed by atoms with E-state index in [1.54, 1.807) is 16.5 Å². The Kier molecular flexibility index (Phi) is 4.07. The summed E-state index contributed by atoms with van der Waals surface area (Å²) in [6, 6.07) is 7.87. The lowest BCUT2D eigenvalue weighted by Crippen LogP contribution is -2.16. The monoisotopic (exact) mass is 330 g/mol. The number of Topliss-reactive ketones (excluding diaryl/α,β-unsaturated/α-hetero) is 1. The second-order valence-corrected chi connectivity index (χ2v) is 5.14. The predicted octanol–water partition coefficient (Wildman–Crippen LogP) is 2.96. The maximum atomic E-state index is 13.5. The third-order valence-corrected chi connectivity index (χ3v) is 3.47. The van der Waals surface area contributed by atoms with Crippen LogP contribution in [-0.4, -0.2) is 27.7 Å². The molecule has 3 aromatic rings. The van der Waals surface area contributed by atoms with Gasteiger partial charge in [0.05, 0.1) is 5.56 Å². The van der Waals surface area contributed by atoms with Gasteiger partial charge in [0.25, 0.3) is 0 Å². The molecule has 0 amide bonds. The number of nitrogens with zero attached hydrogens (tertiary/aromatic N) is 2. The third kappa shape index (κ3) is 3.01. The first-order valence-electron chi connectivity index (χ1n) is 7.06. The number of hydrogen-bond acceptors (Lipinski definition) is 4. The van der Waals surface area contributed by atoms with E-state index in [-0.39, 0.29) is 5.69 Å². The summed E-state index contributed by atoms with van der Waals surface area (Å²) in [5.74, 6) is -3.27. The highest BCUT2D eigenvalue weighted by Gasteiger charge is 2.18. The highest BCUT2D eigenvalue weighted by Crippen LogP contribution is 2.12. The molecule has 0 spiro atoms. The zero-order valence-corrected chi connectivity index (χ0v) is 12.6. The van der Waals surface area contributed by atoms with Crippen LogP contribution in [0.25, 0.3) is 5.65 Å². The van der Waals surface area contributed by atoms with Crippen molar-refractivity contribution in [3.63, 3.8) is 0 Å². The minimum Gasteiger partial charge on any atom is -0.453 e. The summed E-state index contributed by atoms with van der Waals surface area (Å²) >= 11 is 0. The van der Waals surface area contributed by atoms with Crippen LogP contribution in [0.15, 0.2) is 42.6 Å². The molecule has 0 saturated carbocycles. The smallest absolute Gasteiger partial charge is 0.359 e. The summed E-state index contributed by atoms with van der Waals surface area (Å²) in [5, 5.41) is 0. The van der Waals surface area contributed by atoms with Crippen molar-refractivity contribution >= 4 is 17.4 Å². The van der Waals surface area contributed by atoms with E-state index >= 15 is 0 Å². The van der Waals surface area contributed by atoms with E-state index < -0.39 is 35.6 Å². The van der Waals surface area contributed by atoms with Crippen LogP contribution in [0.2, 0.25) is 0 Å². The van der Waals surface area contributed by atoms with Gasteiger partial charge >= 0.3 is 5.97 Å². The molecular formula is C17H12F2N2O3. The Labute approximate surface area is 135 Å². The van der Waals surface area contributed by atoms with Crippen molar-refractivity contribution in [2.75, 3.05) is 6.61 Å². The molecule has 0 aliphatic carbocycles. The van der Waals surface area contributed by atoms with E-state index in [1.165, 1.54) is 6.20 Å². The van der Waals surface area contributed by atoms with E-state index in [0.717, 1.165) is 23.9 Å². The first kappa shape index (κ1) is 15.8. The number of carbonyl (C=O) groups excluding carboxylic acids is 2. The lowest BCUT2D eigenvalue weighted by atomic mass is 10.1. The number of rotatable bonds is 4. The molecule has 0 saturated heterocycles. The summed E-state index contributed by atoms with van der Waals surface area (Å²) in [4.78, 5) is 28.0. The number of halogens is 2. The molecule has 0 unspecified atom stereocenters. The molecule has 24 heavy (non-hydrogen) atoms. The Morgan fingerprint density at radius 3 is 2.75 bits per heavy atom. The molecular weight excluding hydrogens is 318 g/mol. The summed E-state index contributed by atoms with van der Waals surface area (Å²) < 4.78 is 33.1.